The quantitative estimate of drug-likeness (QED) is 0.552. The number of hydrogen-bond acceptors (Lipinski definition) is 3. The minimum atomic E-state index is -2.88. The van der Waals surface area contributed by atoms with Crippen molar-refractivity contribution in [3.8, 4) is 11.5 Å². The third-order valence-electron chi connectivity index (χ3n) is 4.43. The highest BCUT2D eigenvalue weighted by Crippen LogP contribution is 2.30. The number of ether oxygens (including phenoxy) is 2. The SMILES string of the molecule is CCOc1cc(CNC(C)c2cccc3ccccc23)ccc1OC(F)F. The molecule has 0 saturated heterocycles. The molecule has 3 aromatic carbocycles. The van der Waals surface area contributed by atoms with Gasteiger partial charge in [-0.3, -0.25) is 0 Å². The lowest BCUT2D eigenvalue weighted by Crippen LogP contribution is -2.18. The molecule has 0 aliphatic rings. The second-order valence-corrected chi connectivity index (χ2v) is 6.26. The number of hydrogen-bond donors (Lipinski definition) is 1. The Hall–Kier alpha value is -2.66. The zero-order valence-corrected chi connectivity index (χ0v) is 15.4. The highest BCUT2D eigenvalue weighted by atomic mass is 19.3. The molecule has 1 N–H and O–H groups in total. The lowest BCUT2D eigenvalue weighted by molar-refractivity contribution is -0.0514. The number of nitrogens with one attached hydrogen (secondary N) is 1. The van der Waals surface area contributed by atoms with Gasteiger partial charge >= 0.3 is 6.61 Å². The fraction of sp³-hybridized carbons (Fsp3) is 0.273. The predicted molar refractivity (Wildman–Crippen MR) is 103 cm³/mol. The van der Waals surface area contributed by atoms with Crippen molar-refractivity contribution < 1.29 is 18.3 Å². The molecule has 3 aromatic rings. The maximum Gasteiger partial charge on any atom is 0.387 e. The van der Waals surface area contributed by atoms with Crippen LogP contribution in [0.3, 0.4) is 0 Å². The van der Waals surface area contributed by atoms with Crippen LogP contribution in [0.15, 0.2) is 60.7 Å². The Kier molecular flexibility index (Phi) is 6.24. The number of fused-ring (bicyclic) bond motifs is 1. The van der Waals surface area contributed by atoms with Gasteiger partial charge in [0.05, 0.1) is 6.61 Å². The zero-order chi connectivity index (χ0) is 19.2. The summed E-state index contributed by atoms with van der Waals surface area (Å²) in [6.45, 7) is 2.00. The van der Waals surface area contributed by atoms with Crippen LogP contribution >= 0.6 is 0 Å². The molecular formula is C22H23F2NO2. The van der Waals surface area contributed by atoms with Gasteiger partial charge in [0, 0.05) is 12.6 Å². The summed E-state index contributed by atoms with van der Waals surface area (Å²) in [5.41, 5.74) is 2.16. The molecule has 27 heavy (non-hydrogen) atoms. The van der Waals surface area contributed by atoms with Crippen molar-refractivity contribution in [2.75, 3.05) is 6.61 Å². The summed E-state index contributed by atoms with van der Waals surface area (Å²) in [7, 11) is 0. The van der Waals surface area contributed by atoms with Gasteiger partial charge in [-0.05, 0) is 47.9 Å². The summed E-state index contributed by atoms with van der Waals surface area (Å²) in [5.74, 6) is 0.382. The number of alkyl halides is 2. The van der Waals surface area contributed by atoms with Crippen molar-refractivity contribution >= 4 is 10.8 Å². The highest BCUT2D eigenvalue weighted by molar-refractivity contribution is 5.86. The highest BCUT2D eigenvalue weighted by Gasteiger charge is 2.13. The third-order valence-corrected chi connectivity index (χ3v) is 4.43. The lowest BCUT2D eigenvalue weighted by atomic mass is 9.99. The van der Waals surface area contributed by atoms with Gasteiger partial charge in [0.2, 0.25) is 0 Å². The second kappa shape index (κ2) is 8.82. The van der Waals surface area contributed by atoms with E-state index in [0.717, 1.165) is 5.56 Å². The molecule has 1 atom stereocenters. The van der Waals surface area contributed by atoms with Gasteiger partial charge in [0.15, 0.2) is 11.5 Å². The number of rotatable bonds is 8. The molecule has 142 valence electrons. The summed E-state index contributed by atoms with van der Waals surface area (Å²) < 4.78 is 35.0. The van der Waals surface area contributed by atoms with Gasteiger partial charge in [0.1, 0.15) is 0 Å². The van der Waals surface area contributed by atoms with E-state index in [4.69, 9.17) is 4.74 Å². The maximum atomic E-state index is 12.5. The minimum Gasteiger partial charge on any atom is -0.490 e. The van der Waals surface area contributed by atoms with Gasteiger partial charge in [-0.25, -0.2) is 0 Å². The van der Waals surface area contributed by atoms with E-state index >= 15 is 0 Å². The Balaban J connectivity index is 1.74. The van der Waals surface area contributed by atoms with Crippen molar-refractivity contribution in [1.82, 2.24) is 5.32 Å². The van der Waals surface area contributed by atoms with Crippen LogP contribution in [0.1, 0.15) is 31.0 Å². The van der Waals surface area contributed by atoms with Gasteiger partial charge in [-0.1, -0.05) is 48.5 Å². The first kappa shape index (κ1) is 19.1. The Labute approximate surface area is 157 Å². The van der Waals surface area contributed by atoms with E-state index in [-0.39, 0.29) is 11.8 Å². The molecule has 0 aliphatic heterocycles. The number of benzene rings is 3. The van der Waals surface area contributed by atoms with Crippen LogP contribution in [0.2, 0.25) is 0 Å². The fourth-order valence-corrected chi connectivity index (χ4v) is 3.13. The van der Waals surface area contributed by atoms with Crippen molar-refractivity contribution in [2.24, 2.45) is 0 Å². The molecule has 0 amide bonds. The molecule has 1 unspecified atom stereocenters. The van der Waals surface area contributed by atoms with Crippen LogP contribution < -0.4 is 14.8 Å². The van der Waals surface area contributed by atoms with E-state index in [1.807, 2.05) is 12.1 Å². The van der Waals surface area contributed by atoms with E-state index in [1.54, 1.807) is 19.1 Å². The van der Waals surface area contributed by atoms with Crippen LogP contribution in [-0.2, 0) is 6.54 Å². The topological polar surface area (TPSA) is 30.5 Å². The van der Waals surface area contributed by atoms with Crippen molar-refractivity contribution in [3.63, 3.8) is 0 Å². The van der Waals surface area contributed by atoms with Crippen LogP contribution in [0.25, 0.3) is 10.8 Å². The van der Waals surface area contributed by atoms with Gasteiger partial charge in [-0.15, -0.1) is 0 Å². The summed E-state index contributed by atoms with van der Waals surface area (Å²) in [4.78, 5) is 0. The van der Waals surface area contributed by atoms with Crippen molar-refractivity contribution in [2.45, 2.75) is 33.0 Å². The average Bonchev–Trinajstić information content (AvgIpc) is 2.67. The Bertz CT molecular complexity index is 893. The fourth-order valence-electron chi connectivity index (χ4n) is 3.13. The first-order valence-corrected chi connectivity index (χ1v) is 9.00. The molecule has 5 heteroatoms. The first-order valence-electron chi connectivity index (χ1n) is 9.00. The van der Waals surface area contributed by atoms with Gasteiger partial charge in [-0.2, -0.15) is 8.78 Å². The van der Waals surface area contributed by atoms with E-state index in [0.29, 0.717) is 18.9 Å². The molecule has 0 aromatic heterocycles. The van der Waals surface area contributed by atoms with E-state index in [1.165, 1.54) is 22.4 Å². The number of halogens is 2. The van der Waals surface area contributed by atoms with E-state index < -0.39 is 6.61 Å². The predicted octanol–water partition coefficient (Wildman–Crippen LogP) is 5.69. The molecule has 0 fully saturated rings. The summed E-state index contributed by atoms with van der Waals surface area (Å²) in [6, 6.07) is 19.7. The second-order valence-electron chi connectivity index (χ2n) is 6.26. The molecule has 0 aliphatic carbocycles. The summed E-state index contributed by atoms with van der Waals surface area (Å²) >= 11 is 0. The lowest BCUT2D eigenvalue weighted by Gasteiger charge is -2.18. The van der Waals surface area contributed by atoms with E-state index in [2.05, 4.69) is 47.3 Å². The van der Waals surface area contributed by atoms with Crippen LogP contribution in [-0.4, -0.2) is 13.2 Å². The van der Waals surface area contributed by atoms with Crippen LogP contribution in [0, 0.1) is 0 Å². The molecule has 0 heterocycles. The zero-order valence-electron chi connectivity index (χ0n) is 15.4. The molecule has 0 spiro atoms. The molecule has 3 nitrogen and oxygen atoms in total. The molecule has 3 rings (SSSR count). The Morgan fingerprint density at radius 3 is 2.52 bits per heavy atom. The standard InChI is InChI=1S/C22H23F2NO2/c1-3-26-21-13-16(11-12-20(21)27-22(23)24)14-25-15(2)18-10-6-8-17-7-4-5-9-19(17)18/h4-13,15,22,25H,3,14H2,1-2H3. The maximum absolute atomic E-state index is 12.5. The van der Waals surface area contributed by atoms with Crippen molar-refractivity contribution in [3.05, 3.63) is 71.8 Å². The molecule has 0 saturated carbocycles. The molecular weight excluding hydrogens is 348 g/mol. The largest absolute Gasteiger partial charge is 0.490 e. The van der Waals surface area contributed by atoms with Crippen LogP contribution in [0.4, 0.5) is 8.78 Å². The summed E-state index contributed by atoms with van der Waals surface area (Å²) in [6.07, 6.45) is 0. The third kappa shape index (κ3) is 4.74. The Morgan fingerprint density at radius 2 is 1.74 bits per heavy atom. The monoisotopic (exact) mass is 371 g/mol. The Morgan fingerprint density at radius 1 is 0.963 bits per heavy atom. The average molecular weight is 371 g/mol. The smallest absolute Gasteiger partial charge is 0.387 e. The summed E-state index contributed by atoms with van der Waals surface area (Å²) in [5, 5.41) is 5.92. The molecule has 0 radical (unpaired) electrons. The normalized spacial score (nSPS) is 12.3. The van der Waals surface area contributed by atoms with Crippen LogP contribution in [0.5, 0.6) is 11.5 Å². The van der Waals surface area contributed by atoms with E-state index in [9.17, 15) is 8.78 Å². The first-order chi connectivity index (χ1) is 13.1. The van der Waals surface area contributed by atoms with Gasteiger partial charge < -0.3 is 14.8 Å². The molecule has 0 bridgehead atoms. The van der Waals surface area contributed by atoms with Crippen molar-refractivity contribution in [1.29, 1.82) is 0 Å². The van der Waals surface area contributed by atoms with Gasteiger partial charge in [0.25, 0.3) is 0 Å². The minimum absolute atomic E-state index is 0.0534.